The van der Waals surface area contributed by atoms with Crippen LogP contribution in [-0.4, -0.2) is 15.7 Å². The third-order valence-electron chi connectivity index (χ3n) is 3.45. The van der Waals surface area contributed by atoms with Crippen LogP contribution in [0.4, 0.5) is 5.69 Å². The number of amides is 1. The molecule has 1 N–H and O–H groups in total. The topological polar surface area (TPSA) is 64.0 Å². The molecule has 0 saturated heterocycles. The third-order valence-corrected chi connectivity index (χ3v) is 4.13. The smallest absolute Gasteiger partial charge is 0.275 e. The van der Waals surface area contributed by atoms with Gasteiger partial charge in [0, 0.05) is 14.6 Å². The Balaban J connectivity index is 1.88. The van der Waals surface area contributed by atoms with Crippen LogP contribution in [0.15, 0.2) is 53.3 Å². The minimum atomic E-state index is -0.281. The Bertz CT molecular complexity index is 950. The Morgan fingerprint density at radius 2 is 1.91 bits per heavy atom. The van der Waals surface area contributed by atoms with E-state index in [4.69, 9.17) is 0 Å². The minimum Gasteiger partial charge on any atom is -0.324 e. The lowest BCUT2D eigenvalue weighted by Crippen LogP contribution is -2.30. The number of rotatable bonds is 3. The van der Waals surface area contributed by atoms with E-state index in [0.29, 0.717) is 11.1 Å². The van der Waals surface area contributed by atoms with Gasteiger partial charge in [0.05, 0.1) is 11.1 Å². The van der Waals surface area contributed by atoms with E-state index in [2.05, 4.69) is 33.0 Å². The molecule has 0 aliphatic rings. The molecule has 0 atom stereocenters. The van der Waals surface area contributed by atoms with Crippen LogP contribution < -0.4 is 10.9 Å². The van der Waals surface area contributed by atoms with Gasteiger partial charge in [0.2, 0.25) is 5.91 Å². The van der Waals surface area contributed by atoms with Gasteiger partial charge >= 0.3 is 0 Å². The predicted octanol–water partition coefficient (Wildman–Crippen LogP) is 2.95. The monoisotopic (exact) mass is 419 g/mol. The van der Waals surface area contributed by atoms with Gasteiger partial charge in [-0.1, -0.05) is 24.3 Å². The van der Waals surface area contributed by atoms with E-state index in [-0.39, 0.29) is 18.0 Å². The molecule has 3 rings (SSSR count). The largest absolute Gasteiger partial charge is 0.324 e. The van der Waals surface area contributed by atoms with E-state index in [9.17, 15) is 9.59 Å². The van der Waals surface area contributed by atoms with Gasteiger partial charge < -0.3 is 5.32 Å². The van der Waals surface area contributed by atoms with Crippen LogP contribution >= 0.6 is 22.6 Å². The van der Waals surface area contributed by atoms with Crippen molar-refractivity contribution in [2.75, 3.05) is 5.32 Å². The van der Waals surface area contributed by atoms with E-state index in [1.165, 1.54) is 4.68 Å². The molecule has 6 heteroatoms. The lowest BCUT2D eigenvalue weighted by atomic mass is 10.1. The number of carbonyl (C=O) groups is 1. The first-order valence-electron chi connectivity index (χ1n) is 7.06. The Morgan fingerprint density at radius 1 is 1.17 bits per heavy atom. The van der Waals surface area contributed by atoms with Crippen LogP contribution in [0.5, 0.6) is 0 Å². The summed E-state index contributed by atoms with van der Waals surface area (Å²) in [5.41, 5.74) is 1.17. The fraction of sp³-hybridized carbons (Fsp3) is 0.118. The van der Waals surface area contributed by atoms with Gasteiger partial charge in [0.25, 0.3) is 5.56 Å². The zero-order chi connectivity index (χ0) is 16.4. The normalized spacial score (nSPS) is 10.7. The summed E-state index contributed by atoms with van der Waals surface area (Å²) in [7, 11) is 0. The predicted molar refractivity (Wildman–Crippen MR) is 98.5 cm³/mol. The first kappa shape index (κ1) is 15.7. The van der Waals surface area contributed by atoms with Gasteiger partial charge in [-0.15, -0.1) is 0 Å². The summed E-state index contributed by atoms with van der Waals surface area (Å²) in [5.74, 6) is -0.281. The number of aryl methyl sites for hydroxylation is 1. The molecule has 1 amide bonds. The van der Waals surface area contributed by atoms with Gasteiger partial charge in [0.1, 0.15) is 6.54 Å². The second kappa shape index (κ2) is 6.49. The minimum absolute atomic E-state index is 0.115. The molecule has 0 aliphatic heterocycles. The molecule has 3 aromatic rings. The molecule has 23 heavy (non-hydrogen) atoms. The molecule has 1 heterocycles. The van der Waals surface area contributed by atoms with Gasteiger partial charge in [-0.25, -0.2) is 4.68 Å². The highest BCUT2D eigenvalue weighted by atomic mass is 127. The average molecular weight is 419 g/mol. The molecule has 0 aliphatic carbocycles. The number of aromatic nitrogens is 2. The molecular weight excluding hydrogens is 405 g/mol. The fourth-order valence-electron chi connectivity index (χ4n) is 2.41. The zero-order valence-electron chi connectivity index (χ0n) is 12.4. The Hall–Kier alpha value is -2.22. The number of anilines is 1. The van der Waals surface area contributed by atoms with Crippen molar-refractivity contribution >= 4 is 45.0 Å². The van der Waals surface area contributed by atoms with Crippen LogP contribution in [0.3, 0.4) is 0 Å². The maximum atomic E-state index is 12.4. The van der Waals surface area contributed by atoms with Crippen molar-refractivity contribution in [3.63, 3.8) is 0 Å². The number of hydrogen-bond acceptors (Lipinski definition) is 3. The molecule has 0 fully saturated rings. The average Bonchev–Trinajstić information content (AvgIpc) is 2.52. The fourth-order valence-corrected chi connectivity index (χ4v) is 2.96. The van der Waals surface area contributed by atoms with Crippen LogP contribution in [0, 0.1) is 10.5 Å². The van der Waals surface area contributed by atoms with E-state index in [0.717, 1.165) is 14.7 Å². The molecule has 116 valence electrons. The molecular formula is C17H14IN3O2. The third kappa shape index (κ3) is 3.42. The lowest BCUT2D eigenvalue weighted by molar-refractivity contribution is -0.117. The molecule has 5 nitrogen and oxygen atoms in total. The molecule has 0 bridgehead atoms. The molecule has 0 unspecified atom stereocenters. The number of nitrogens with one attached hydrogen (secondary N) is 1. The second-order valence-electron chi connectivity index (χ2n) is 5.15. The number of fused-ring (bicyclic) bond motifs is 1. The summed E-state index contributed by atoms with van der Waals surface area (Å²) < 4.78 is 2.23. The van der Waals surface area contributed by atoms with Crippen molar-refractivity contribution < 1.29 is 4.79 Å². The lowest BCUT2D eigenvalue weighted by Gasteiger charge is -2.09. The van der Waals surface area contributed by atoms with E-state index < -0.39 is 0 Å². The maximum Gasteiger partial charge on any atom is 0.275 e. The van der Waals surface area contributed by atoms with Gasteiger partial charge in [0.15, 0.2) is 0 Å². The summed E-state index contributed by atoms with van der Waals surface area (Å²) in [6.07, 6.45) is 0. The molecule has 2 aromatic carbocycles. The van der Waals surface area contributed by atoms with Crippen LogP contribution in [0.2, 0.25) is 0 Å². The van der Waals surface area contributed by atoms with Crippen molar-refractivity contribution in [3.05, 3.63) is 68.1 Å². The van der Waals surface area contributed by atoms with Crippen LogP contribution in [0.25, 0.3) is 10.8 Å². The summed E-state index contributed by atoms with van der Waals surface area (Å²) in [6, 6.07) is 14.7. The quantitative estimate of drug-likeness (QED) is 0.665. The maximum absolute atomic E-state index is 12.4. The first-order chi connectivity index (χ1) is 11.0. The highest BCUT2D eigenvalue weighted by molar-refractivity contribution is 14.1. The Kier molecular flexibility index (Phi) is 4.42. The summed E-state index contributed by atoms with van der Waals surface area (Å²) in [4.78, 5) is 24.6. The van der Waals surface area contributed by atoms with Crippen LogP contribution in [-0.2, 0) is 11.3 Å². The number of carbonyl (C=O) groups excluding carboxylic acids is 1. The molecule has 1 aromatic heterocycles. The Labute approximate surface area is 146 Å². The van der Waals surface area contributed by atoms with Gasteiger partial charge in [-0.2, -0.15) is 5.10 Å². The SMILES string of the molecule is Cc1nn(CC(=O)Nc2cccc(I)c2)c(=O)c2ccccc12. The van der Waals surface area contributed by atoms with E-state index in [1.54, 1.807) is 12.1 Å². The van der Waals surface area contributed by atoms with Crippen LogP contribution in [0.1, 0.15) is 5.69 Å². The summed E-state index contributed by atoms with van der Waals surface area (Å²) in [5, 5.41) is 8.41. The molecule has 0 spiro atoms. The van der Waals surface area contributed by atoms with Gasteiger partial charge in [-0.05, 0) is 53.8 Å². The Morgan fingerprint density at radius 3 is 2.65 bits per heavy atom. The van der Waals surface area contributed by atoms with Crippen molar-refractivity contribution in [2.24, 2.45) is 0 Å². The highest BCUT2D eigenvalue weighted by Crippen LogP contribution is 2.13. The van der Waals surface area contributed by atoms with E-state index >= 15 is 0 Å². The van der Waals surface area contributed by atoms with Gasteiger partial charge in [-0.3, -0.25) is 9.59 Å². The van der Waals surface area contributed by atoms with Crippen molar-refractivity contribution in [2.45, 2.75) is 13.5 Å². The standard InChI is InChI=1S/C17H14IN3O2/c1-11-14-7-2-3-8-15(14)17(23)21(20-11)10-16(22)19-13-6-4-5-12(18)9-13/h2-9H,10H2,1H3,(H,19,22). The number of halogens is 1. The van der Waals surface area contributed by atoms with Crippen molar-refractivity contribution in [1.82, 2.24) is 9.78 Å². The number of benzene rings is 2. The summed E-state index contributed by atoms with van der Waals surface area (Å²) in [6.45, 7) is 1.71. The van der Waals surface area contributed by atoms with E-state index in [1.807, 2.05) is 43.3 Å². The number of hydrogen-bond donors (Lipinski definition) is 1. The van der Waals surface area contributed by atoms with Crippen molar-refractivity contribution in [3.8, 4) is 0 Å². The second-order valence-corrected chi connectivity index (χ2v) is 6.40. The summed E-state index contributed by atoms with van der Waals surface area (Å²) >= 11 is 2.18. The number of nitrogens with zero attached hydrogens (tertiary/aromatic N) is 2. The highest BCUT2D eigenvalue weighted by Gasteiger charge is 2.11. The van der Waals surface area contributed by atoms with Crippen molar-refractivity contribution in [1.29, 1.82) is 0 Å². The first-order valence-corrected chi connectivity index (χ1v) is 8.14. The molecule has 0 radical (unpaired) electrons. The molecule has 0 saturated carbocycles. The zero-order valence-corrected chi connectivity index (χ0v) is 14.6.